The van der Waals surface area contributed by atoms with Gasteiger partial charge in [0.15, 0.2) is 28.6 Å². The molecule has 0 N–H and O–H groups in total. The lowest BCUT2D eigenvalue weighted by molar-refractivity contribution is 0.174. The van der Waals surface area contributed by atoms with Crippen LogP contribution in [0, 0.1) is 0 Å². The molecule has 0 saturated heterocycles. The topological polar surface area (TPSA) is 71.3 Å². The van der Waals surface area contributed by atoms with Crippen LogP contribution in [0.2, 0.25) is 0 Å². The summed E-state index contributed by atoms with van der Waals surface area (Å²) in [5.41, 5.74) is 2.01. The molecule has 7 nitrogen and oxygen atoms in total. The van der Waals surface area contributed by atoms with Crippen LogP contribution in [-0.2, 0) is 12.3 Å². The van der Waals surface area contributed by atoms with Gasteiger partial charge in [-0.3, -0.25) is 4.57 Å². The zero-order valence-electron chi connectivity index (χ0n) is 18.0. The molecular weight excluding hydrogens is 456 g/mol. The second kappa shape index (κ2) is 9.68. The molecule has 0 radical (unpaired) electrons. The number of hydrogen-bond donors (Lipinski definition) is 0. The van der Waals surface area contributed by atoms with Crippen LogP contribution in [0.15, 0.2) is 71.7 Å². The van der Waals surface area contributed by atoms with Gasteiger partial charge in [0.2, 0.25) is 6.79 Å². The summed E-state index contributed by atoms with van der Waals surface area (Å²) in [6, 6.07) is 15.6. The zero-order chi connectivity index (χ0) is 22.6. The third kappa shape index (κ3) is 4.74. The fraction of sp³-hybridized carbons (Fsp3) is 0.208. The van der Waals surface area contributed by atoms with Gasteiger partial charge in [-0.25, -0.2) is 4.98 Å². The summed E-state index contributed by atoms with van der Waals surface area (Å²) in [5, 5.41) is 12.6. The number of ether oxygens (including phenoxy) is 3. The van der Waals surface area contributed by atoms with Gasteiger partial charge in [-0.2, -0.15) is 0 Å². The number of benzene rings is 2. The SMILES string of the molecule is C=CCn1c(SCc2csc(-c3ccc4c(c3)OCO4)n2)nnc1C(C)Oc1ccccc1. The lowest BCUT2D eigenvalue weighted by atomic mass is 10.2. The molecule has 5 rings (SSSR count). The van der Waals surface area contributed by atoms with Gasteiger partial charge in [-0.1, -0.05) is 36.0 Å². The number of rotatable bonds is 9. The van der Waals surface area contributed by atoms with Gasteiger partial charge in [0, 0.05) is 23.2 Å². The first-order valence-corrected chi connectivity index (χ1v) is 12.3. The third-order valence-electron chi connectivity index (χ3n) is 5.00. The van der Waals surface area contributed by atoms with E-state index in [0.29, 0.717) is 12.3 Å². The number of para-hydroxylation sites is 1. The molecule has 2 aromatic carbocycles. The summed E-state index contributed by atoms with van der Waals surface area (Å²) in [6.07, 6.45) is 1.60. The smallest absolute Gasteiger partial charge is 0.231 e. The van der Waals surface area contributed by atoms with Gasteiger partial charge >= 0.3 is 0 Å². The molecule has 9 heteroatoms. The first-order chi connectivity index (χ1) is 16.2. The van der Waals surface area contributed by atoms with E-state index >= 15 is 0 Å². The van der Waals surface area contributed by atoms with Crippen molar-refractivity contribution in [1.82, 2.24) is 19.7 Å². The Morgan fingerprint density at radius 2 is 2.03 bits per heavy atom. The minimum atomic E-state index is -0.244. The highest BCUT2D eigenvalue weighted by Crippen LogP contribution is 2.37. The molecule has 3 heterocycles. The minimum Gasteiger partial charge on any atom is -0.483 e. The minimum absolute atomic E-state index is 0.244. The van der Waals surface area contributed by atoms with E-state index in [0.717, 1.165) is 44.5 Å². The van der Waals surface area contributed by atoms with E-state index in [-0.39, 0.29) is 12.9 Å². The molecule has 1 atom stereocenters. The lowest BCUT2D eigenvalue weighted by Crippen LogP contribution is -2.12. The maximum Gasteiger partial charge on any atom is 0.231 e. The summed E-state index contributed by atoms with van der Waals surface area (Å²) >= 11 is 3.21. The first-order valence-electron chi connectivity index (χ1n) is 10.4. The predicted molar refractivity (Wildman–Crippen MR) is 129 cm³/mol. The normalized spacial score (nSPS) is 13.1. The van der Waals surface area contributed by atoms with Gasteiger partial charge in [-0.05, 0) is 37.3 Å². The highest BCUT2D eigenvalue weighted by atomic mass is 32.2. The molecule has 33 heavy (non-hydrogen) atoms. The van der Waals surface area contributed by atoms with Crippen LogP contribution in [0.3, 0.4) is 0 Å². The predicted octanol–water partition coefficient (Wildman–Crippen LogP) is 5.75. The molecule has 1 aliphatic rings. The molecule has 168 valence electrons. The second-order valence-corrected chi connectivity index (χ2v) is 9.11. The number of aromatic nitrogens is 4. The Hall–Kier alpha value is -3.30. The molecule has 0 aliphatic carbocycles. The maximum absolute atomic E-state index is 6.05. The summed E-state index contributed by atoms with van der Waals surface area (Å²) < 4.78 is 19.0. The Bertz CT molecular complexity index is 1260. The van der Waals surface area contributed by atoms with Crippen molar-refractivity contribution in [2.24, 2.45) is 0 Å². The van der Waals surface area contributed by atoms with Gasteiger partial charge < -0.3 is 14.2 Å². The number of fused-ring (bicyclic) bond motifs is 1. The molecule has 1 unspecified atom stereocenters. The zero-order valence-corrected chi connectivity index (χ0v) is 19.6. The van der Waals surface area contributed by atoms with Crippen molar-refractivity contribution in [3.8, 4) is 27.8 Å². The number of thiazole rings is 1. The average Bonchev–Trinajstić information content (AvgIpc) is 3.58. The van der Waals surface area contributed by atoms with E-state index in [9.17, 15) is 0 Å². The summed E-state index contributed by atoms with van der Waals surface area (Å²) in [7, 11) is 0. The molecule has 0 saturated carbocycles. The van der Waals surface area contributed by atoms with Crippen LogP contribution in [0.5, 0.6) is 17.2 Å². The number of hydrogen-bond acceptors (Lipinski definition) is 8. The summed E-state index contributed by atoms with van der Waals surface area (Å²) in [6.45, 7) is 6.73. The molecule has 4 aromatic rings. The highest BCUT2D eigenvalue weighted by Gasteiger charge is 2.20. The van der Waals surface area contributed by atoms with Crippen LogP contribution in [0.4, 0.5) is 0 Å². The van der Waals surface area contributed by atoms with Crippen LogP contribution in [-0.4, -0.2) is 26.5 Å². The van der Waals surface area contributed by atoms with E-state index in [2.05, 4.69) is 22.2 Å². The van der Waals surface area contributed by atoms with Crippen molar-refractivity contribution < 1.29 is 14.2 Å². The van der Waals surface area contributed by atoms with Crippen LogP contribution in [0.1, 0.15) is 24.5 Å². The van der Waals surface area contributed by atoms with Gasteiger partial charge in [-0.15, -0.1) is 28.1 Å². The molecular formula is C24H22N4O3S2. The van der Waals surface area contributed by atoms with Crippen LogP contribution in [0.25, 0.3) is 10.6 Å². The van der Waals surface area contributed by atoms with Crippen molar-refractivity contribution in [3.05, 3.63) is 78.1 Å². The van der Waals surface area contributed by atoms with Gasteiger partial charge in [0.05, 0.1) is 5.69 Å². The lowest BCUT2D eigenvalue weighted by Gasteiger charge is -2.15. The fourth-order valence-corrected chi connectivity index (χ4v) is 5.21. The standard InChI is InChI=1S/C24H22N4O3S2/c1-3-11-28-22(16(2)31-19-7-5-4-6-8-19)26-27-24(28)33-14-18-13-32-23(25-18)17-9-10-20-21(12-17)30-15-29-20/h3-10,12-13,16H,1,11,14-15H2,2H3. The Labute approximate surface area is 200 Å². The maximum atomic E-state index is 6.05. The first kappa shape index (κ1) is 21.5. The van der Waals surface area contributed by atoms with E-state index in [1.807, 2.05) is 66.1 Å². The summed E-state index contributed by atoms with van der Waals surface area (Å²) in [4.78, 5) is 4.79. The van der Waals surface area contributed by atoms with Crippen molar-refractivity contribution in [1.29, 1.82) is 0 Å². The number of allylic oxidation sites excluding steroid dienone is 1. The Morgan fingerprint density at radius 3 is 2.88 bits per heavy atom. The van der Waals surface area contributed by atoms with Crippen LogP contribution < -0.4 is 14.2 Å². The van der Waals surface area contributed by atoms with E-state index in [4.69, 9.17) is 19.2 Å². The Morgan fingerprint density at radius 1 is 1.18 bits per heavy atom. The second-order valence-electron chi connectivity index (χ2n) is 7.31. The third-order valence-corrected chi connectivity index (χ3v) is 6.94. The molecule has 2 aromatic heterocycles. The average molecular weight is 479 g/mol. The van der Waals surface area contributed by atoms with Gasteiger partial charge in [0.25, 0.3) is 0 Å². The van der Waals surface area contributed by atoms with Crippen molar-refractivity contribution in [2.45, 2.75) is 30.5 Å². The molecule has 0 amide bonds. The van der Waals surface area contributed by atoms with E-state index < -0.39 is 0 Å². The number of thioether (sulfide) groups is 1. The molecule has 0 spiro atoms. The van der Waals surface area contributed by atoms with Crippen molar-refractivity contribution in [3.63, 3.8) is 0 Å². The molecule has 1 aliphatic heterocycles. The fourth-order valence-electron chi connectivity index (χ4n) is 3.44. The van der Waals surface area contributed by atoms with E-state index in [1.165, 1.54) is 0 Å². The Kier molecular flexibility index (Phi) is 6.32. The largest absolute Gasteiger partial charge is 0.483 e. The van der Waals surface area contributed by atoms with E-state index in [1.54, 1.807) is 23.1 Å². The number of nitrogens with zero attached hydrogens (tertiary/aromatic N) is 4. The molecule has 0 fully saturated rings. The van der Waals surface area contributed by atoms with Crippen molar-refractivity contribution in [2.75, 3.05) is 6.79 Å². The summed E-state index contributed by atoms with van der Waals surface area (Å²) in [5.74, 6) is 3.78. The molecule has 0 bridgehead atoms. The highest BCUT2D eigenvalue weighted by molar-refractivity contribution is 7.98. The Balaban J connectivity index is 1.28. The van der Waals surface area contributed by atoms with Crippen LogP contribution >= 0.6 is 23.1 Å². The van der Waals surface area contributed by atoms with Crippen molar-refractivity contribution >= 4 is 23.1 Å². The quantitative estimate of drug-likeness (QED) is 0.224. The monoisotopic (exact) mass is 478 g/mol. The van der Waals surface area contributed by atoms with Gasteiger partial charge in [0.1, 0.15) is 10.8 Å².